The second kappa shape index (κ2) is 9.56. The maximum Gasteiger partial charge on any atom is 0.408 e. The Labute approximate surface area is 196 Å². The van der Waals surface area contributed by atoms with Crippen molar-refractivity contribution in [2.45, 2.75) is 44.8 Å². The van der Waals surface area contributed by atoms with E-state index in [9.17, 15) is 9.59 Å². The Kier molecular flexibility index (Phi) is 6.75. The molecule has 0 aliphatic carbocycles. The average molecular weight is 450 g/mol. The van der Waals surface area contributed by atoms with Gasteiger partial charge in [0.15, 0.2) is 0 Å². The highest BCUT2D eigenvalue weighted by molar-refractivity contribution is 5.94. The number of rotatable bonds is 5. The summed E-state index contributed by atoms with van der Waals surface area (Å²) >= 11 is 0. The first-order chi connectivity index (χ1) is 15.7. The molecule has 2 amide bonds. The fourth-order valence-electron chi connectivity index (χ4n) is 4.89. The van der Waals surface area contributed by atoms with Crippen LogP contribution in [0.15, 0.2) is 48.5 Å². The lowest BCUT2D eigenvalue weighted by atomic mass is 9.92. The maximum absolute atomic E-state index is 12.7. The summed E-state index contributed by atoms with van der Waals surface area (Å²) in [5, 5.41) is 3.07. The van der Waals surface area contributed by atoms with Crippen LogP contribution in [0.4, 0.5) is 4.79 Å². The Bertz CT molecular complexity index is 975. The van der Waals surface area contributed by atoms with E-state index >= 15 is 0 Å². The number of amides is 2. The molecule has 33 heavy (non-hydrogen) atoms. The predicted octanol–water partition coefficient (Wildman–Crippen LogP) is 4.50. The molecule has 1 unspecified atom stereocenters. The number of nitrogens with one attached hydrogen (secondary N) is 1. The van der Waals surface area contributed by atoms with Crippen LogP contribution < -0.4 is 5.32 Å². The van der Waals surface area contributed by atoms with Gasteiger partial charge in [0, 0.05) is 26.2 Å². The van der Waals surface area contributed by atoms with Crippen molar-refractivity contribution in [1.82, 2.24) is 15.1 Å². The zero-order valence-electron chi connectivity index (χ0n) is 20.1. The molecule has 3 heterocycles. The van der Waals surface area contributed by atoms with E-state index in [0.29, 0.717) is 11.5 Å². The van der Waals surface area contributed by atoms with Crippen LogP contribution in [0.2, 0.25) is 0 Å². The summed E-state index contributed by atoms with van der Waals surface area (Å²) in [6.45, 7) is 7.26. The number of carbonyl (C=O) groups excluding carboxylic acids is 2. The van der Waals surface area contributed by atoms with Gasteiger partial charge in [-0.15, -0.1) is 0 Å². The van der Waals surface area contributed by atoms with E-state index < -0.39 is 5.54 Å². The molecule has 5 rings (SSSR count). The van der Waals surface area contributed by atoms with Crippen molar-refractivity contribution in [3.8, 4) is 11.1 Å². The first kappa shape index (κ1) is 23.3. The van der Waals surface area contributed by atoms with Crippen molar-refractivity contribution in [2.24, 2.45) is 5.92 Å². The number of hydrogen-bond donors (Lipinski definition) is 1. The third-order valence-electron chi connectivity index (χ3n) is 7.04. The molecule has 6 nitrogen and oxygen atoms in total. The Morgan fingerprint density at radius 1 is 0.909 bits per heavy atom. The molecule has 3 aliphatic heterocycles. The highest BCUT2D eigenvalue weighted by atomic mass is 16.6. The summed E-state index contributed by atoms with van der Waals surface area (Å²) in [4.78, 5) is 28.9. The molecule has 2 aromatic carbocycles. The average Bonchev–Trinajstić information content (AvgIpc) is 3.11. The van der Waals surface area contributed by atoms with E-state index in [4.69, 9.17) is 4.74 Å². The van der Waals surface area contributed by atoms with Crippen LogP contribution in [0.1, 0.15) is 49.0 Å². The number of nitrogens with zero attached hydrogens (tertiary/aromatic N) is 2. The first-order valence-electron chi connectivity index (χ1n) is 11.9. The van der Waals surface area contributed by atoms with Crippen molar-refractivity contribution < 1.29 is 14.3 Å². The monoisotopic (exact) mass is 449 g/mol. The molecule has 3 saturated heterocycles. The van der Waals surface area contributed by atoms with E-state index in [-0.39, 0.29) is 18.1 Å². The number of ether oxygens (including phenoxy) is 1. The van der Waals surface area contributed by atoms with Crippen molar-refractivity contribution >= 4 is 12.0 Å². The molecule has 1 N–H and O–H groups in total. The molecule has 1 atom stereocenters. The van der Waals surface area contributed by atoms with Gasteiger partial charge in [-0.3, -0.25) is 4.79 Å². The summed E-state index contributed by atoms with van der Waals surface area (Å²) in [5.41, 5.74) is 3.23. The fourth-order valence-corrected chi connectivity index (χ4v) is 4.89. The van der Waals surface area contributed by atoms with Crippen LogP contribution in [-0.4, -0.2) is 61.6 Å². The van der Waals surface area contributed by atoms with Gasteiger partial charge < -0.3 is 19.9 Å². The van der Waals surface area contributed by atoms with E-state index in [1.165, 1.54) is 0 Å². The van der Waals surface area contributed by atoms with Crippen LogP contribution in [0.3, 0.4) is 0 Å². The third kappa shape index (κ3) is 5.38. The van der Waals surface area contributed by atoms with Crippen LogP contribution in [0.5, 0.6) is 0 Å². The lowest BCUT2D eigenvalue weighted by Gasteiger charge is -2.31. The van der Waals surface area contributed by atoms with Gasteiger partial charge >= 0.3 is 6.09 Å². The predicted molar refractivity (Wildman–Crippen MR) is 130 cm³/mol. The van der Waals surface area contributed by atoms with Crippen molar-refractivity contribution in [3.63, 3.8) is 0 Å². The molecule has 6 heteroatoms. The number of fused-ring (bicyclic) bond motifs is 4. The van der Waals surface area contributed by atoms with Gasteiger partial charge in [0.25, 0.3) is 5.91 Å². The Hall–Kier alpha value is -2.86. The Balaban J connectivity index is 1.39. The lowest BCUT2D eigenvalue weighted by Crippen LogP contribution is -2.43. The molecule has 0 saturated carbocycles. The maximum atomic E-state index is 12.7. The Morgan fingerprint density at radius 2 is 1.45 bits per heavy atom. The second-order valence-electron chi connectivity index (χ2n) is 10.0. The van der Waals surface area contributed by atoms with Gasteiger partial charge in [0.2, 0.25) is 0 Å². The van der Waals surface area contributed by atoms with Crippen LogP contribution >= 0.6 is 0 Å². The summed E-state index contributed by atoms with van der Waals surface area (Å²) in [5.74, 6) is 0.474. The first-order valence-corrected chi connectivity index (χ1v) is 11.9. The Morgan fingerprint density at radius 3 is 2.03 bits per heavy atom. The standard InChI is InChI=1S/C27H35N3O3/c1-27(2,28-26(32)33-24-15-18-30-16-13-21(24)14-17-30)23-11-9-20(10-12-23)19-5-7-22(8-6-19)25(31)29(3)4/h5-12,21,24H,13-18H2,1-4H3,(H,28,32). The molecule has 0 radical (unpaired) electrons. The number of hydrogen-bond acceptors (Lipinski definition) is 4. The second-order valence-corrected chi connectivity index (χ2v) is 10.0. The molecular weight excluding hydrogens is 414 g/mol. The molecular formula is C27H35N3O3. The highest BCUT2D eigenvalue weighted by Gasteiger charge is 2.34. The van der Waals surface area contributed by atoms with E-state index in [2.05, 4.69) is 10.2 Å². The summed E-state index contributed by atoms with van der Waals surface area (Å²) in [7, 11) is 3.50. The molecule has 3 fully saturated rings. The van der Waals surface area contributed by atoms with Crippen molar-refractivity contribution in [1.29, 1.82) is 0 Å². The summed E-state index contributed by atoms with van der Waals surface area (Å²) in [6.07, 6.45) is 2.83. The quantitative estimate of drug-likeness (QED) is 0.730. The van der Waals surface area contributed by atoms with Gasteiger partial charge in [0.05, 0.1) is 5.54 Å². The highest BCUT2D eigenvalue weighted by Crippen LogP contribution is 2.30. The van der Waals surface area contributed by atoms with Crippen molar-refractivity contribution in [3.05, 3.63) is 59.7 Å². The number of benzene rings is 2. The van der Waals surface area contributed by atoms with E-state index in [1.807, 2.05) is 62.4 Å². The van der Waals surface area contributed by atoms with Gasteiger partial charge in [-0.2, -0.15) is 0 Å². The van der Waals surface area contributed by atoms with Crippen LogP contribution in [0.25, 0.3) is 11.1 Å². The zero-order valence-corrected chi connectivity index (χ0v) is 20.1. The number of alkyl carbamates (subject to hydrolysis) is 1. The molecule has 176 valence electrons. The molecule has 3 aliphatic rings. The topological polar surface area (TPSA) is 61.9 Å². The van der Waals surface area contributed by atoms with E-state index in [0.717, 1.165) is 55.6 Å². The minimum atomic E-state index is -0.552. The van der Waals surface area contributed by atoms with Gasteiger partial charge in [-0.05, 0) is 80.9 Å². The van der Waals surface area contributed by atoms with E-state index in [1.54, 1.807) is 19.0 Å². The normalized spacial score (nSPS) is 22.4. The zero-order chi connectivity index (χ0) is 23.6. The van der Waals surface area contributed by atoms with Crippen LogP contribution in [-0.2, 0) is 10.3 Å². The number of piperidine rings is 1. The molecule has 2 bridgehead atoms. The molecule has 2 aromatic rings. The fraction of sp³-hybridized carbons (Fsp3) is 0.481. The summed E-state index contributed by atoms with van der Waals surface area (Å²) in [6, 6.07) is 15.8. The minimum Gasteiger partial charge on any atom is -0.446 e. The van der Waals surface area contributed by atoms with Gasteiger partial charge in [-0.1, -0.05) is 36.4 Å². The van der Waals surface area contributed by atoms with Crippen molar-refractivity contribution in [2.75, 3.05) is 33.7 Å². The van der Waals surface area contributed by atoms with Gasteiger partial charge in [0.1, 0.15) is 6.10 Å². The summed E-state index contributed by atoms with van der Waals surface area (Å²) < 4.78 is 5.89. The molecule has 0 aromatic heterocycles. The van der Waals surface area contributed by atoms with Crippen LogP contribution in [0, 0.1) is 5.92 Å². The minimum absolute atomic E-state index is 0.00860. The smallest absolute Gasteiger partial charge is 0.408 e. The molecule has 0 spiro atoms. The third-order valence-corrected chi connectivity index (χ3v) is 7.04. The largest absolute Gasteiger partial charge is 0.446 e. The SMILES string of the molecule is CN(C)C(=O)c1ccc(-c2ccc(C(C)(C)NC(=O)OC3CCN4CCC3CC4)cc2)cc1. The number of carbonyl (C=O) groups is 2. The lowest BCUT2D eigenvalue weighted by molar-refractivity contribution is 0.0514. The van der Waals surface area contributed by atoms with Gasteiger partial charge in [-0.25, -0.2) is 4.79 Å².